The highest BCUT2D eigenvalue weighted by molar-refractivity contribution is 5.94. The molecule has 2 rings (SSSR count). The molecule has 2 aromatic rings. The molecule has 0 saturated heterocycles. The smallest absolute Gasteiger partial charge is 0.271 e. The molecule has 1 aromatic carbocycles. The quantitative estimate of drug-likeness (QED) is 0.727. The van der Waals surface area contributed by atoms with Crippen LogP contribution in [-0.2, 0) is 6.54 Å². The van der Waals surface area contributed by atoms with E-state index < -0.39 is 17.6 Å². The number of aromatic nitrogens is 2. The molecule has 0 fully saturated rings. The Hall–Kier alpha value is -3.03. The van der Waals surface area contributed by atoms with E-state index in [1.54, 1.807) is 6.92 Å². The third kappa shape index (κ3) is 4.98. The first-order chi connectivity index (χ1) is 12.4. The van der Waals surface area contributed by atoms with E-state index in [9.17, 15) is 18.8 Å². The SMILES string of the molecule is CCCn1nc(C(=O)NCCNC(=O)c2ccc(C)c(F)c2)ccc1=O. The summed E-state index contributed by atoms with van der Waals surface area (Å²) in [7, 11) is 0. The lowest BCUT2D eigenvalue weighted by Crippen LogP contribution is -2.36. The van der Waals surface area contributed by atoms with Gasteiger partial charge in [-0.15, -0.1) is 0 Å². The maximum atomic E-state index is 13.5. The number of carbonyl (C=O) groups excluding carboxylic acids is 2. The molecule has 1 aromatic heterocycles. The average molecular weight is 360 g/mol. The van der Waals surface area contributed by atoms with Gasteiger partial charge in [0.25, 0.3) is 17.4 Å². The van der Waals surface area contributed by atoms with E-state index in [0.717, 1.165) is 6.42 Å². The van der Waals surface area contributed by atoms with E-state index in [1.807, 2.05) is 6.92 Å². The third-order valence-electron chi connectivity index (χ3n) is 3.66. The third-order valence-corrected chi connectivity index (χ3v) is 3.66. The van der Waals surface area contributed by atoms with Gasteiger partial charge < -0.3 is 10.6 Å². The number of aryl methyl sites for hydroxylation is 2. The van der Waals surface area contributed by atoms with Crippen LogP contribution in [0.4, 0.5) is 4.39 Å². The molecule has 0 spiro atoms. The van der Waals surface area contributed by atoms with Gasteiger partial charge in [0.2, 0.25) is 0 Å². The summed E-state index contributed by atoms with van der Waals surface area (Å²) in [5, 5.41) is 9.21. The van der Waals surface area contributed by atoms with Crippen LogP contribution in [0.2, 0.25) is 0 Å². The highest BCUT2D eigenvalue weighted by Crippen LogP contribution is 2.08. The fourth-order valence-electron chi connectivity index (χ4n) is 2.22. The van der Waals surface area contributed by atoms with Gasteiger partial charge in [-0.05, 0) is 37.1 Å². The van der Waals surface area contributed by atoms with Crippen LogP contribution in [0, 0.1) is 12.7 Å². The number of carbonyl (C=O) groups is 2. The molecule has 1 heterocycles. The van der Waals surface area contributed by atoms with Crippen LogP contribution in [0.3, 0.4) is 0 Å². The van der Waals surface area contributed by atoms with Crippen molar-refractivity contribution in [2.24, 2.45) is 0 Å². The molecule has 138 valence electrons. The molecule has 26 heavy (non-hydrogen) atoms. The second kappa shape index (κ2) is 8.89. The minimum atomic E-state index is -0.445. The summed E-state index contributed by atoms with van der Waals surface area (Å²) in [6.45, 7) is 4.30. The van der Waals surface area contributed by atoms with Crippen molar-refractivity contribution in [2.75, 3.05) is 13.1 Å². The van der Waals surface area contributed by atoms with Gasteiger partial charge in [-0.1, -0.05) is 13.0 Å². The Labute approximate surface area is 150 Å². The Bertz CT molecular complexity index is 864. The fourth-order valence-corrected chi connectivity index (χ4v) is 2.22. The number of hydrogen-bond acceptors (Lipinski definition) is 4. The molecule has 8 heteroatoms. The molecule has 7 nitrogen and oxygen atoms in total. The number of halogens is 1. The van der Waals surface area contributed by atoms with Crippen LogP contribution in [0.15, 0.2) is 35.1 Å². The first-order valence-electron chi connectivity index (χ1n) is 8.33. The maximum absolute atomic E-state index is 13.5. The minimum Gasteiger partial charge on any atom is -0.350 e. The van der Waals surface area contributed by atoms with E-state index >= 15 is 0 Å². The van der Waals surface area contributed by atoms with Gasteiger partial charge in [-0.2, -0.15) is 5.10 Å². The van der Waals surface area contributed by atoms with Crippen molar-refractivity contribution in [3.63, 3.8) is 0 Å². The van der Waals surface area contributed by atoms with Crippen LogP contribution in [0.25, 0.3) is 0 Å². The monoisotopic (exact) mass is 360 g/mol. The van der Waals surface area contributed by atoms with E-state index in [4.69, 9.17) is 0 Å². The fraction of sp³-hybridized carbons (Fsp3) is 0.333. The highest BCUT2D eigenvalue weighted by atomic mass is 19.1. The maximum Gasteiger partial charge on any atom is 0.271 e. The Kier molecular flexibility index (Phi) is 6.60. The number of amides is 2. The molecule has 0 aliphatic carbocycles. The second-order valence-corrected chi connectivity index (χ2v) is 5.76. The molecule has 0 aliphatic heterocycles. The Balaban J connectivity index is 1.84. The van der Waals surface area contributed by atoms with Crippen molar-refractivity contribution in [3.8, 4) is 0 Å². The lowest BCUT2D eigenvalue weighted by Gasteiger charge is -2.08. The zero-order valence-corrected chi connectivity index (χ0v) is 14.7. The molecule has 0 atom stereocenters. The minimum absolute atomic E-state index is 0.130. The highest BCUT2D eigenvalue weighted by Gasteiger charge is 2.10. The first kappa shape index (κ1) is 19.3. The summed E-state index contributed by atoms with van der Waals surface area (Å²) in [5.41, 5.74) is 0.546. The molecule has 2 N–H and O–H groups in total. The van der Waals surface area contributed by atoms with Crippen molar-refractivity contribution in [3.05, 3.63) is 63.3 Å². The summed E-state index contributed by atoms with van der Waals surface area (Å²) < 4.78 is 14.7. The number of benzene rings is 1. The summed E-state index contributed by atoms with van der Waals surface area (Å²) in [5.74, 6) is -1.31. The predicted octanol–water partition coefficient (Wildman–Crippen LogP) is 1.26. The van der Waals surface area contributed by atoms with Crippen LogP contribution >= 0.6 is 0 Å². The van der Waals surface area contributed by atoms with Crippen molar-refractivity contribution in [2.45, 2.75) is 26.8 Å². The van der Waals surface area contributed by atoms with Gasteiger partial charge in [0.15, 0.2) is 0 Å². The van der Waals surface area contributed by atoms with Crippen LogP contribution in [0.1, 0.15) is 39.8 Å². The Morgan fingerprint density at radius 1 is 1.12 bits per heavy atom. The van der Waals surface area contributed by atoms with E-state index in [1.165, 1.54) is 35.0 Å². The lowest BCUT2D eigenvalue weighted by atomic mass is 10.1. The van der Waals surface area contributed by atoms with Crippen molar-refractivity contribution in [1.82, 2.24) is 20.4 Å². The van der Waals surface area contributed by atoms with Gasteiger partial charge >= 0.3 is 0 Å². The van der Waals surface area contributed by atoms with Crippen LogP contribution in [0.5, 0.6) is 0 Å². The standard InChI is InChI=1S/C18H21FN4O3/c1-3-10-23-16(24)7-6-15(22-23)18(26)21-9-8-20-17(25)13-5-4-12(2)14(19)11-13/h4-7,11H,3,8-10H2,1-2H3,(H,20,25)(H,21,26). The summed E-state index contributed by atoms with van der Waals surface area (Å²) in [6, 6.07) is 6.89. The molecule has 0 bridgehead atoms. The van der Waals surface area contributed by atoms with E-state index in [-0.39, 0.29) is 29.9 Å². The van der Waals surface area contributed by atoms with Gasteiger partial charge in [0.05, 0.1) is 0 Å². The predicted molar refractivity (Wildman–Crippen MR) is 94.6 cm³/mol. The first-order valence-corrected chi connectivity index (χ1v) is 8.33. The van der Waals surface area contributed by atoms with E-state index in [0.29, 0.717) is 12.1 Å². The number of rotatable bonds is 7. The zero-order chi connectivity index (χ0) is 19.1. The second-order valence-electron chi connectivity index (χ2n) is 5.76. The lowest BCUT2D eigenvalue weighted by molar-refractivity contribution is 0.0923. The van der Waals surface area contributed by atoms with Crippen molar-refractivity contribution < 1.29 is 14.0 Å². The largest absolute Gasteiger partial charge is 0.350 e. The van der Waals surface area contributed by atoms with Crippen molar-refractivity contribution >= 4 is 11.8 Å². The topological polar surface area (TPSA) is 93.1 Å². The molecular formula is C18H21FN4O3. The average Bonchev–Trinajstić information content (AvgIpc) is 2.62. The van der Waals surface area contributed by atoms with E-state index in [2.05, 4.69) is 15.7 Å². The van der Waals surface area contributed by atoms with Crippen LogP contribution < -0.4 is 16.2 Å². The van der Waals surface area contributed by atoms with Gasteiger partial charge in [-0.25, -0.2) is 9.07 Å². The zero-order valence-electron chi connectivity index (χ0n) is 14.7. The number of nitrogens with one attached hydrogen (secondary N) is 2. The van der Waals surface area contributed by atoms with Gasteiger partial charge in [0, 0.05) is 31.3 Å². The molecule has 0 unspecified atom stereocenters. The number of hydrogen-bond donors (Lipinski definition) is 2. The molecular weight excluding hydrogens is 339 g/mol. The Morgan fingerprint density at radius 3 is 2.46 bits per heavy atom. The Morgan fingerprint density at radius 2 is 1.81 bits per heavy atom. The van der Waals surface area contributed by atoms with Gasteiger partial charge in [0.1, 0.15) is 11.5 Å². The van der Waals surface area contributed by atoms with Gasteiger partial charge in [-0.3, -0.25) is 14.4 Å². The normalized spacial score (nSPS) is 10.4. The molecule has 0 radical (unpaired) electrons. The summed E-state index contributed by atoms with van der Waals surface area (Å²) >= 11 is 0. The molecule has 2 amide bonds. The summed E-state index contributed by atoms with van der Waals surface area (Å²) in [4.78, 5) is 35.6. The molecule has 0 aliphatic rings. The van der Waals surface area contributed by atoms with Crippen LogP contribution in [-0.4, -0.2) is 34.7 Å². The number of nitrogens with zero attached hydrogens (tertiary/aromatic N) is 2. The van der Waals surface area contributed by atoms with Crippen molar-refractivity contribution in [1.29, 1.82) is 0 Å². The molecule has 0 saturated carbocycles. The summed E-state index contributed by atoms with van der Waals surface area (Å²) in [6.07, 6.45) is 0.726.